The van der Waals surface area contributed by atoms with E-state index in [1.165, 1.54) is 0 Å². The van der Waals surface area contributed by atoms with Gasteiger partial charge in [0, 0.05) is 18.8 Å². The first-order chi connectivity index (χ1) is 46.9. The second-order valence-corrected chi connectivity index (χ2v) is 29.1. The maximum atomic E-state index is 15.6. The molecule has 0 amide bonds. The Labute approximate surface area is 569 Å². The van der Waals surface area contributed by atoms with Crippen LogP contribution in [0.25, 0.3) is 0 Å². The van der Waals surface area contributed by atoms with Crippen molar-refractivity contribution in [3.8, 4) is 0 Å². The highest BCUT2D eigenvalue weighted by Gasteiger charge is 2.65. The lowest BCUT2D eigenvalue weighted by Crippen LogP contribution is -2.66. The van der Waals surface area contributed by atoms with Crippen molar-refractivity contribution in [2.45, 2.75) is 288 Å². The molecule has 7 saturated heterocycles. The van der Waals surface area contributed by atoms with Gasteiger partial charge in [-0.25, -0.2) is 0 Å². The fourth-order valence-electron chi connectivity index (χ4n) is 17.2. The zero-order valence-corrected chi connectivity index (χ0v) is 55.2. The van der Waals surface area contributed by atoms with Crippen LogP contribution in [0.2, 0.25) is 0 Å². The SMILES string of the molecule is C=C1C[C@@]2(C)CC[C@H]3[C@@](C)(CCC[C@@]3(C)C(=O)O[C@@H]3O[C@H](CO)[C@@H](O)[C@H](O[C@@H]4O[C@H](CO)[C@@H](O)[C@H](O)[C@H]4O)[C@H]3O[C@H]3C[C@@H](O)[C@H](O)[C@@H](CO[C@@H]4O[C@H](CO)[C@@H](O)C(CO)[C@H]4O)O3)[C@@H]2CCC1O[C@@H]1O[C@H](CO)[C@@H](O[C@@H]2O[C@H](CO)[C@@H](O)[C@H](O)[C@H]2O)[C@H](O)[C@H]1O[C@H]1C[C@@H](O)[C@H](O)[C@@H](CO)O1. The molecule has 3 aliphatic carbocycles. The lowest BCUT2D eigenvalue weighted by molar-refractivity contribution is -0.381. The van der Waals surface area contributed by atoms with Crippen molar-refractivity contribution in [2.75, 3.05) is 52.9 Å². The quantitative estimate of drug-likeness (QED) is 0.0353. The Morgan fingerprint density at radius 1 is 0.424 bits per heavy atom. The summed E-state index contributed by atoms with van der Waals surface area (Å²) in [6.07, 6.45) is -52.8. The van der Waals surface area contributed by atoms with Crippen molar-refractivity contribution in [3.05, 3.63) is 12.2 Å². The minimum atomic E-state index is -2.07. The zero-order valence-electron chi connectivity index (χ0n) is 55.2. The van der Waals surface area contributed by atoms with Crippen LogP contribution < -0.4 is 0 Å². The summed E-state index contributed by atoms with van der Waals surface area (Å²) in [5.41, 5.74) is -1.93. The van der Waals surface area contributed by atoms with Crippen LogP contribution >= 0.6 is 0 Å². The van der Waals surface area contributed by atoms with Crippen molar-refractivity contribution in [1.82, 2.24) is 0 Å². The van der Waals surface area contributed by atoms with E-state index in [9.17, 15) is 107 Å². The van der Waals surface area contributed by atoms with Crippen LogP contribution in [0, 0.1) is 34.0 Å². The Morgan fingerprint density at radius 3 is 1.49 bits per heavy atom. The van der Waals surface area contributed by atoms with E-state index >= 15 is 4.79 Å². The number of aliphatic hydroxyl groups is 21. The molecule has 21 N–H and O–H groups in total. The van der Waals surface area contributed by atoms with Gasteiger partial charge in [-0.3, -0.25) is 4.79 Å². The molecule has 10 fully saturated rings. The van der Waals surface area contributed by atoms with E-state index in [1.54, 1.807) is 6.92 Å². The van der Waals surface area contributed by atoms with Gasteiger partial charge in [-0.15, -0.1) is 0 Å². The van der Waals surface area contributed by atoms with Crippen LogP contribution in [0.1, 0.15) is 85.0 Å². The third-order valence-corrected chi connectivity index (χ3v) is 22.8. The predicted octanol–water partition coefficient (Wildman–Crippen LogP) is -9.09. The molecule has 0 radical (unpaired) electrons. The molecule has 36 heteroatoms. The van der Waals surface area contributed by atoms with E-state index in [4.69, 9.17) is 66.3 Å². The van der Waals surface area contributed by atoms with E-state index in [-0.39, 0.29) is 25.2 Å². The maximum absolute atomic E-state index is 15.6. The monoisotopic (exact) mass is 1440 g/mol. The summed E-state index contributed by atoms with van der Waals surface area (Å²) in [5, 5.41) is 226. The summed E-state index contributed by atoms with van der Waals surface area (Å²) in [6, 6.07) is 0. The summed E-state index contributed by atoms with van der Waals surface area (Å²) in [4.78, 5) is 15.6. The molecule has 99 heavy (non-hydrogen) atoms. The van der Waals surface area contributed by atoms with Crippen molar-refractivity contribution in [2.24, 2.45) is 34.0 Å². The minimum Gasteiger partial charge on any atom is -0.432 e. The number of carbonyl (C=O) groups is 1. The number of fused-ring (bicyclic) bond motifs is 3. The summed E-state index contributed by atoms with van der Waals surface area (Å²) in [5.74, 6) is -2.70. The molecule has 10 aliphatic rings. The van der Waals surface area contributed by atoms with Gasteiger partial charge in [0.15, 0.2) is 43.8 Å². The molecule has 0 spiro atoms. The van der Waals surface area contributed by atoms with Gasteiger partial charge in [-0.1, -0.05) is 26.8 Å². The van der Waals surface area contributed by atoms with E-state index in [2.05, 4.69) is 20.4 Å². The number of carbonyl (C=O) groups excluding carboxylic acids is 1. The Bertz CT molecular complexity index is 2600. The first-order valence-corrected chi connectivity index (χ1v) is 34.1. The Balaban J connectivity index is 0.892. The number of rotatable bonds is 22. The molecule has 0 aromatic carbocycles. The Kier molecular flexibility index (Phi) is 26.4. The maximum Gasteiger partial charge on any atom is 0.314 e. The lowest BCUT2D eigenvalue weighted by atomic mass is 9.42. The minimum absolute atomic E-state index is 0.187. The molecule has 7 aliphatic heterocycles. The smallest absolute Gasteiger partial charge is 0.314 e. The van der Waals surface area contributed by atoms with Crippen LogP contribution in [-0.2, 0) is 71.1 Å². The highest BCUT2D eigenvalue weighted by molar-refractivity contribution is 5.77. The number of esters is 1. The van der Waals surface area contributed by atoms with Gasteiger partial charge in [0.05, 0.1) is 82.7 Å². The summed E-state index contributed by atoms with van der Waals surface area (Å²) < 4.78 is 85.1. The van der Waals surface area contributed by atoms with Crippen molar-refractivity contribution in [3.63, 3.8) is 0 Å². The second-order valence-electron chi connectivity index (χ2n) is 29.1. The molecule has 0 aromatic heterocycles. The summed E-state index contributed by atoms with van der Waals surface area (Å²) in [7, 11) is 0. The average molecular weight is 1440 g/mol. The van der Waals surface area contributed by atoms with Gasteiger partial charge >= 0.3 is 5.97 Å². The van der Waals surface area contributed by atoms with Gasteiger partial charge in [0.1, 0.15) is 128 Å². The summed E-state index contributed by atoms with van der Waals surface area (Å²) >= 11 is 0. The Hall–Kier alpha value is -2.15. The Morgan fingerprint density at radius 2 is 0.919 bits per heavy atom. The van der Waals surface area contributed by atoms with Gasteiger partial charge in [-0.2, -0.15) is 0 Å². The van der Waals surface area contributed by atoms with Gasteiger partial charge in [-0.05, 0) is 80.1 Å². The van der Waals surface area contributed by atoms with Crippen molar-refractivity contribution >= 4 is 5.97 Å². The van der Waals surface area contributed by atoms with E-state index in [0.29, 0.717) is 44.1 Å². The van der Waals surface area contributed by atoms with E-state index in [0.717, 1.165) is 0 Å². The molecule has 10 rings (SSSR count). The van der Waals surface area contributed by atoms with Crippen molar-refractivity contribution in [1.29, 1.82) is 0 Å². The summed E-state index contributed by atoms with van der Waals surface area (Å²) in [6.45, 7) is 4.06. The standard InChI is InChI=1S/C63H104O36/c1-23-14-61(2)11-8-36-62(3,35(61)7-6-27(23)89-58-53(95-37-12-25(71)41(75)29(17-66)87-37)50(84)51(33(21-70)94-58)97-56-48(82)46(80)43(77)30(18-67)91-56)9-5-10-63(36,4)60(85)99-59-54(52(45(79)32(20-69)93-59)98-57-49(83)47(81)44(78)31(19-68)92-57)96-38-13-26(72)42(76)34(88-38)22-86-55-40(74)24(15-64)39(73)28(16-65)90-55/h24-59,64-84H,1,5-22H2,2-4H3/t24?,25-,26-,27?,28-,29-,30-,31-,32-,33-,34-,35-,36+,37+,38+,39+,40-,41+,42+,43-,44-,45-,46+,47+,48-,49-,50+,51-,52+,53-,54-,55-,56+,57+,58-,59+,61-,62+,63-/m1/s1. The number of aliphatic hydroxyl groups excluding tert-OH is 21. The molecule has 36 nitrogen and oxygen atoms in total. The molecule has 2 unspecified atom stereocenters. The van der Waals surface area contributed by atoms with E-state index in [1.807, 2.05) is 0 Å². The fourth-order valence-corrected chi connectivity index (χ4v) is 17.2. The van der Waals surface area contributed by atoms with Crippen LogP contribution in [0.4, 0.5) is 0 Å². The largest absolute Gasteiger partial charge is 0.432 e. The first kappa shape index (κ1) is 79.4. The second kappa shape index (κ2) is 32.9. The third-order valence-electron chi connectivity index (χ3n) is 22.8. The molecule has 3 saturated carbocycles. The van der Waals surface area contributed by atoms with Crippen LogP contribution in [0.5, 0.6) is 0 Å². The highest BCUT2D eigenvalue weighted by Crippen LogP contribution is 2.68. The normalized spacial score (nSPS) is 52.3. The van der Waals surface area contributed by atoms with Crippen LogP contribution in [0.15, 0.2) is 12.2 Å². The molecule has 572 valence electrons. The molecule has 0 bridgehead atoms. The molecular weight excluding hydrogens is 1330 g/mol. The molecular formula is C63H104O36. The van der Waals surface area contributed by atoms with Gasteiger partial charge in [0.25, 0.3) is 0 Å². The lowest BCUT2D eigenvalue weighted by Gasteiger charge is -2.62. The molecule has 0 aromatic rings. The average Bonchev–Trinajstić information content (AvgIpc) is 1.64. The van der Waals surface area contributed by atoms with Gasteiger partial charge in [0.2, 0.25) is 6.29 Å². The van der Waals surface area contributed by atoms with Crippen LogP contribution in [-0.4, -0.2) is 369 Å². The first-order valence-electron chi connectivity index (χ1n) is 34.1. The van der Waals surface area contributed by atoms with Gasteiger partial charge < -0.3 is 174 Å². The highest BCUT2D eigenvalue weighted by atomic mass is 16.8. The fraction of sp³-hybridized carbons (Fsp3) is 0.952. The number of hydrogen-bond acceptors (Lipinski definition) is 36. The van der Waals surface area contributed by atoms with E-state index < -0.39 is 296 Å². The molecule has 39 atom stereocenters. The van der Waals surface area contributed by atoms with Crippen molar-refractivity contribution < 1.29 is 178 Å². The molecule has 7 heterocycles. The topological polar surface area (TPSA) is 571 Å². The third kappa shape index (κ3) is 15.8. The number of ether oxygens (including phenoxy) is 14. The number of hydrogen-bond donors (Lipinski definition) is 21. The van der Waals surface area contributed by atoms with Crippen LogP contribution in [0.3, 0.4) is 0 Å². The predicted molar refractivity (Wildman–Crippen MR) is 321 cm³/mol. The zero-order chi connectivity index (χ0) is 72.1.